The molecule has 5 nitrogen and oxygen atoms in total. The van der Waals surface area contributed by atoms with Gasteiger partial charge in [-0.2, -0.15) is 4.98 Å². The Morgan fingerprint density at radius 1 is 1.56 bits per heavy atom. The number of nitrogens with two attached hydrogens (primary N) is 1. The van der Waals surface area contributed by atoms with E-state index in [4.69, 9.17) is 10.5 Å². The Kier molecular flexibility index (Phi) is 4.95. The summed E-state index contributed by atoms with van der Waals surface area (Å²) in [6.07, 6.45) is 1.66. The fourth-order valence-corrected chi connectivity index (χ4v) is 1.47. The molecule has 1 heterocycles. The third-order valence-electron chi connectivity index (χ3n) is 2.49. The molecule has 0 fully saturated rings. The highest BCUT2D eigenvalue weighted by Gasteiger charge is 2.12. The predicted octanol–water partition coefficient (Wildman–Crippen LogP) is 1.64. The van der Waals surface area contributed by atoms with Crippen molar-refractivity contribution in [3.63, 3.8) is 0 Å². The molecule has 0 bridgehead atoms. The molecule has 1 rings (SSSR count). The van der Waals surface area contributed by atoms with Crippen molar-refractivity contribution in [3.05, 3.63) is 10.7 Å². The normalized spacial score (nSPS) is 14.3. The number of nitrogens with one attached hydrogen (secondary N) is 1. The van der Waals surface area contributed by atoms with E-state index < -0.39 is 0 Å². The van der Waals surface area contributed by atoms with Gasteiger partial charge in [-0.1, -0.05) is 6.92 Å². The third kappa shape index (κ3) is 3.31. The van der Waals surface area contributed by atoms with Crippen LogP contribution in [0.1, 0.15) is 13.8 Å². The molecular formula is C10H17BrN4O. The zero-order valence-electron chi connectivity index (χ0n) is 9.70. The molecule has 0 amide bonds. The molecule has 0 aromatic carbocycles. The second-order valence-corrected chi connectivity index (χ2v) is 4.55. The highest BCUT2D eigenvalue weighted by molar-refractivity contribution is 9.10. The minimum atomic E-state index is 0.218. The van der Waals surface area contributed by atoms with Crippen molar-refractivity contribution in [1.29, 1.82) is 0 Å². The van der Waals surface area contributed by atoms with Gasteiger partial charge in [-0.05, 0) is 35.3 Å². The van der Waals surface area contributed by atoms with Crippen LogP contribution in [0.2, 0.25) is 0 Å². The summed E-state index contributed by atoms with van der Waals surface area (Å²) in [6.45, 7) is 4.75. The maximum atomic E-state index is 5.59. The number of aromatic nitrogens is 2. The first-order valence-corrected chi connectivity index (χ1v) is 5.91. The number of halogens is 1. The third-order valence-corrected chi connectivity index (χ3v) is 3.03. The van der Waals surface area contributed by atoms with Gasteiger partial charge in [0.1, 0.15) is 0 Å². The summed E-state index contributed by atoms with van der Waals surface area (Å²) < 4.78 is 5.83. The number of anilines is 1. The van der Waals surface area contributed by atoms with E-state index in [0.29, 0.717) is 24.3 Å². The van der Waals surface area contributed by atoms with Crippen molar-refractivity contribution in [2.75, 3.05) is 19.0 Å². The summed E-state index contributed by atoms with van der Waals surface area (Å²) >= 11 is 3.30. The maximum Gasteiger partial charge on any atom is 0.232 e. The van der Waals surface area contributed by atoms with E-state index >= 15 is 0 Å². The van der Waals surface area contributed by atoms with Crippen LogP contribution in [-0.2, 0) is 0 Å². The summed E-state index contributed by atoms with van der Waals surface area (Å²) in [7, 11) is 1.57. The Morgan fingerprint density at radius 2 is 2.25 bits per heavy atom. The smallest absolute Gasteiger partial charge is 0.232 e. The van der Waals surface area contributed by atoms with Crippen molar-refractivity contribution in [3.8, 4) is 5.88 Å². The standard InChI is InChI=1S/C10H17BrN4O/c1-6(4-12)7(2)14-10-13-5-8(11)9(15-10)16-3/h5-7H,4,12H2,1-3H3,(H,13,14,15). The Bertz CT molecular complexity index is 348. The van der Waals surface area contributed by atoms with E-state index in [2.05, 4.69) is 45.1 Å². The van der Waals surface area contributed by atoms with Crippen LogP contribution < -0.4 is 15.8 Å². The molecule has 0 aliphatic carbocycles. The highest BCUT2D eigenvalue weighted by Crippen LogP contribution is 2.22. The van der Waals surface area contributed by atoms with E-state index in [0.717, 1.165) is 4.47 Å². The van der Waals surface area contributed by atoms with Crippen LogP contribution in [0.25, 0.3) is 0 Å². The molecule has 0 radical (unpaired) electrons. The number of methoxy groups -OCH3 is 1. The fraction of sp³-hybridized carbons (Fsp3) is 0.600. The van der Waals surface area contributed by atoms with Gasteiger partial charge in [0, 0.05) is 6.04 Å². The quantitative estimate of drug-likeness (QED) is 0.862. The molecular weight excluding hydrogens is 272 g/mol. The lowest BCUT2D eigenvalue weighted by molar-refractivity contribution is 0.394. The second-order valence-electron chi connectivity index (χ2n) is 3.70. The average molecular weight is 289 g/mol. The van der Waals surface area contributed by atoms with Crippen molar-refractivity contribution in [2.45, 2.75) is 19.9 Å². The fourth-order valence-electron chi connectivity index (χ4n) is 1.11. The lowest BCUT2D eigenvalue weighted by Crippen LogP contribution is -2.30. The first kappa shape index (κ1) is 13.2. The molecule has 2 atom stereocenters. The molecule has 2 unspecified atom stereocenters. The van der Waals surface area contributed by atoms with Gasteiger partial charge in [0.2, 0.25) is 11.8 Å². The SMILES string of the molecule is COc1nc(NC(C)C(C)CN)ncc1Br. The van der Waals surface area contributed by atoms with Gasteiger partial charge in [-0.25, -0.2) is 4.98 Å². The van der Waals surface area contributed by atoms with Crippen LogP contribution in [-0.4, -0.2) is 29.7 Å². The van der Waals surface area contributed by atoms with E-state index in [1.54, 1.807) is 13.3 Å². The molecule has 90 valence electrons. The summed E-state index contributed by atoms with van der Waals surface area (Å²) in [4.78, 5) is 8.37. The van der Waals surface area contributed by atoms with Gasteiger partial charge >= 0.3 is 0 Å². The Hall–Kier alpha value is -0.880. The molecule has 16 heavy (non-hydrogen) atoms. The number of hydrogen-bond acceptors (Lipinski definition) is 5. The zero-order chi connectivity index (χ0) is 12.1. The molecule has 0 saturated heterocycles. The number of rotatable bonds is 5. The van der Waals surface area contributed by atoms with Gasteiger partial charge < -0.3 is 15.8 Å². The van der Waals surface area contributed by atoms with Gasteiger partial charge in [-0.15, -0.1) is 0 Å². The summed E-state index contributed by atoms with van der Waals surface area (Å²) in [5.74, 6) is 1.43. The van der Waals surface area contributed by atoms with E-state index in [1.807, 2.05) is 0 Å². The largest absolute Gasteiger partial charge is 0.480 e. The Morgan fingerprint density at radius 3 is 2.81 bits per heavy atom. The predicted molar refractivity (Wildman–Crippen MR) is 67.6 cm³/mol. The van der Waals surface area contributed by atoms with Gasteiger partial charge in [-0.3, -0.25) is 0 Å². The summed E-state index contributed by atoms with van der Waals surface area (Å²) in [5.41, 5.74) is 5.59. The van der Waals surface area contributed by atoms with Gasteiger partial charge in [0.05, 0.1) is 17.8 Å². The molecule has 0 saturated carbocycles. The second kappa shape index (κ2) is 6.00. The van der Waals surface area contributed by atoms with Crippen molar-refractivity contribution >= 4 is 21.9 Å². The van der Waals surface area contributed by atoms with E-state index in [1.165, 1.54) is 0 Å². The number of hydrogen-bond donors (Lipinski definition) is 2. The summed E-state index contributed by atoms with van der Waals surface area (Å²) in [6, 6.07) is 0.218. The molecule has 6 heteroatoms. The van der Waals surface area contributed by atoms with Crippen LogP contribution in [0.5, 0.6) is 5.88 Å². The molecule has 0 spiro atoms. The maximum absolute atomic E-state index is 5.59. The minimum Gasteiger partial charge on any atom is -0.480 e. The van der Waals surface area contributed by atoms with E-state index in [9.17, 15) is 0 Å². The topological polar surface area (TPSA) is 73.1 Å². The first-order valence-electron chi connectivity index (χ1n) is 5.11. The monoisotopic (exact) mass is 288 g/mol. The van der Waals surface area contributed by atoms with Gasteiger partial charge in [0.25, 0.3) is 0 Å². The number of ether oxygens (including phenoxy) is 1. The Balaban J connectivity index is 2.74. The van der Waals surface area contributed by atoms with Gasteiger partial charge in [0.15, 0.2) is 0 Å². The lowest BCUT2D eigenvalue weighted by atomic mass is 10.0. The Labute approximate surface area is 104 Å². The highest BCUT2D eigenvalue weighted by atomic mass is 79.9. The van der Waals surface area contributed by atoms with Crippen LogP contribution in [0.4, 0.5) is 5.95 Å². The van der Waals surface area contributed by atoms with E-state index in [-0.39, 0.29) is 6.04 Å². The van der Waals surface area contributed by atoms with Crippen molar-refractivity contribution in [2.24, 2.45) is 11.7 Å². The molecule has 0 aliphatic rings. The first-order chi connectivity index (χ1) is 7.58. The van der Waals surface area contributed by atoms with Crippen molar-refractivity contribution < 1.29 is 4.74 Å². The van der Waals surface area contributed by atoms with Crippen LogP contribution in [0.15, 0.2) is 10.7 Å². The molecule has 0 aliphatic heterocycles. The van der Waals surface area contributed by atoms with Crippen LogP contribution >= 0.6 is 15.9 Å². The van der Waals surface area contributed by atoms with Crippen LogP contribution in [0.3, 0.4) is 0 Å². The number of nitrogens with zero attached hydrogens (tertiary/aromatic N) is 2. The average Bonchev–Trinajstić information content (AvgIpc) is 2.30. The van der Waals surface area contributed by atoms with Crippen LogP contribution in [0, 0.1) is 5.92 Å². The summed E-state index contributed by atoms with van der Waals surface area (Å²) in [5, 5.41) is 3.19. The molecule has 1 aromatic rings. The molecule has 3 N–H and O–H groups in total. The molecule has 1 aromatic heterocycles. The zero-order valence-corrected chi connectivity index (χ0v) is 11.3. The minimum absolute atomic E-state index is 0.218. The van der Waals surface area contributed by atoms with Crippen molar-refractivity contribution in [1.82, 2.24) is 9.97 Å². The lowest BCUT2D eigenvalue weighted by Gasteiger charge is -2.19.